The van der Waals surface area contributed by atoms with Gasteiger partial charge in [0, 0.05) is 38.6 Å². The van der Waals surface area contributed by atoms with Gasteiger partial charge in [0.1, 0.15) is 0 Å². The van der Waals surface area contributed by atoms with Crippen LogP contribution in [0.4, 0.5) is 22.4 Å². The fraction of sp³-hybridized carbons (Fsp3) is 0.682. The fourth-order valence-electron chi connectivity index (χ4n) is 5.29. The number of imidazole rings is 1. The Kier molecular flexibility index (Phi) is 5.70. The van der Waals surface area contributed by atoms with Crippen LogP contribution in [-0.2, 0) is 4.74 Å². The smallest absolute Gasteiger partial charge is 0.318 e. The first kappa shape index (κ1) is 23.3. The maximum atomic E-state index is 14.0. The van der Waals surface area contributed by atoms with Crippen LogP contribution in [0, 0.1) is 17.8 Å². The second-order valence-electron chi connectivity index (χ2n) is 9.67. The van der Waals surface area contributed by atoms with Gasteiger partial charge in [0.2, 0.25) is 5.92 Å². The number of hydrogen-bond acceptors (Lipinski definition) is 5. The molecule has 5 rings (SSSR count). The van der Waals surface area contributed by atoms with Crippen molar-refractivity contribution in [3.05, 3.63) is 29.7 Å². The highest BCUT2D eigenvalue weighted by atomic mass is 19.3. The number of methoxy groups -OCH3 is 1. The highest BCUT2D eigenvalue weighted by Gasteiger charge is 2.69. The molecule has 2 aromatic rings. The number of rotatable bonds is 6. The number of carbonyl (C=O) groups excluding carboxylic acids is 1. The van der Waals surface area contributed by atoms with Gasteiger partial charge in [-0.1, -0.05) is 0 Å². The Labute approximate surface area is 193 Å². The molecular weight excluding hydrogens is 456 g/mol. The fourth-order valence-corrected chi connectivity index (χ4v) is 5.29. The number of nitrogens with two attached hydrogens (primary N) is 1. The molecule has 0 spiro atoms. The van der Waals surface area contributed by atoms with Crippen molar-refractivity contribution in [2.45, 2.75) is 49.6 Å². The predicted octanol–water partition coefficient (Wildman–Crippen LogP) is 3.15. The molecule has 0 aromatic carbocycles. The largest absolute Gasteiger partial charge is 0.382 e. The van der Waals surface area contributed by atoms with Gasteiger partial charge in [0.25, 0.3) is 5.92 Å². The molecule has 2 saturated carbocycles. The highest BCUT2D eigenvalue weighted by molar-refractivity contribution is 5.75. The van der Waals surface area contributed by atoms with Crippen LogP contribution in [0.2, 0.25) is 0 Å². The van der Waals surface area contributed by atoms with Crippen LogP contribution in [0.5, 0.6) is 0 Å². The molecule has 2 amide bonds. The molecule has 4 atom stereocenters. The van der Waals surface area contributed by atoms with E-state index in [1.807, 2.05) is 0 Å². The summed E-state index contributed by atoms with van der Waals surface area (Å²) in [5, 5.41) is 6.96. The molecule has 2 aliphatic carbocycles. The van der Waals surface area contributed by atoms with Crippen molar-refractivity contribution in [1.29, 1.82) is 0 Å². The van der Waals surface area contributed by atoms with E-state index in [0.717, 1.165) is 0 Å². The van der Waals surface area contributed by atoms with E-state index >= 15 is 0 Å². The number of urea groups is 1. The van der Waals surface area contributed by atoms with Crippen LogP contribution < -0.4 is 11.1 Å². The second-order valence-corrected chi connectivity index (χ2v) is 9.67. The van der Waals surface area contributed by atoms with E-state index < -0.39 is 41.8 Å². The van der Waals surface area contributed by atoms with E-state index in [9.17, 15) is 22.4 Å². The first-order chi connectivity index (χ1) is 16.1. The average molecular weight is 484 g/mol. The van der Waals surface area contributed by atoms with E-state index in [2.05, 4.69) is 15.4 Å². The third-order valence-corrected chi connectivity index (χ3v) is 7.55. The number of fused-ring (bicyclic) bond motifs is 2. The number of alkyl halides is 4. The van der Waals surface area contributed by atoms with Crippen LogP contribution in [0.25, 0.3) is 5.65 Å². The van der Waals surface area contributed by atoms with Gasteiger partial charge in [-0.25, -0.2) is 31.9 Å². The van der Waals surface area contributed by atoms with Crippen molar-refractivity contribution < 1.29 is 27.1 Å². The Morgan fingerprint density at radius 3 is 2.71 bits per heavy atom. The topological polar surface area (TPSA) is 97.8 Å². The van der Waals surface area contributed by atoms with Gasteiger partial charge in [-0.15, -0.1) is 0 Å². The number of aromatic nitrogens is 3. The monoisotopic (exact) mass is 484 g/mol. The van der Waals surface area contributed by atoms with Crippen molar-refractivity contribution in [3.8, 4) is 0 Å². The Morgan fingerprint density at radius 1 is 1.26 bits per heavy atom. The number of nitrogens with zero attached hydrogens (tertiary/aromatic N) is 4. The lowest BCUT2D eigenvalue weighted by molar-refractivity contribution is -0.0484. The van der Waals surface area contributed by atoms with E-state index in [1.165, 1.54) is 16.5 Å². The summed E-state index contributed by atoms with van der Waals surface area (Å²) >= 11 is 0. The lowest BCUT2D eigenvalue weighted by atomic mass is 9.81. The molecule has 8 nitrogen and oxygen atoms in total. The Hall–Kier alpha value is -2.47. The summed E-state index contributed by atoms with van der Waals surface area (Å²) in [6, 6.07) is 0.168. The molecule has 3 N–H and O–H groups in total. The SMILES string of the molecule is COC[C@H](c1cnn2cc([C@@H](N)C3CCC(F)(F)CC3)nc2c1)N1C[C@H]2[C@@H](CNC1=O)C2(F)F. The van der Waals surface area contributed by atoms with Crippen molar-refractivity contribution in [2.75, 3.05) is 26.8 Å². The maximum Gasteiger partial charge on any atom is 0.318 e. The molecular formula is C22H28F4N6O2. The Balaban J connectivity index is 1.38. The number of hydrogen-bond donors (Lipinski definition) is 2. The normalized spacial score (nSPS) is 28.2. The summed E-state index contributed by atoms with van der Waals surface area (Å²) in [5.41, 5.74) is 7.98. The summed E-state index contributed by atoms with van der Waals surface area (Å²) < 4.78 is 61.9. The third-order valence-electron chi connectivity index (χ3n) is 7.55. The zero-order valence-corrected chi connectivity index (χ0v) is 18.8. The molecule has 0 unspecified atom stereocenters. The third kappa shape index (κ3) is 4.10. The van der Waals surface area contributed by atoms with Crippen LogP contribution in [0.1, 0.15) is 49.0 Å². The number of nitrogens with one attached hydrogen (secondary N) is 1. The van der Waals surface area contributed by atoms with Crippen molar-refractivity contribution >= 4 is 11.7 Å². The lowest BCUT2D eigenvalue weighted by Gasteiger charge is -2.31. The van der Waals surface area contributed by atoms with Gasteiger partial charge in [-0.2, -0.15) is 5.10 Å². The summed E-state index contributed by atoms with van der Waals surface area (Å²) in [6.45, 7) is -0.0459. The predicted molar refractivity (Wildman–Crippen MR) is 113 cm³/mol. The Bertz CT molecular complexity index is 1070. The molecule has 3 heterocycles. The summed E-state index contributed by atoms with van der Waals surface area (Å²) in [5.74, 6) is -7.25. The zero-order valence-electron chi connectivity index (χ0n) is 18.8. The summed E-state index contributed by atoms with van der Waals surface area (Å²) in [4.78, 5) is 18.6. The molecule has 12 heteroatoms. The summed E-state index contributed by atoms with van der Waals surface area (Å²) in [6.07, 6.45) is 3.52. The molecule has 1 saturated heterocycles. The molecule has 0 bridgehead atoms. The number of halogens is 4. The molecule has 34 heavy (non-hydrogen) atoms. The number of amides is 2. The van der Waals surface area contributed by atoms with Gasteiger partial charge in [0.05, 0.1) is 48.6 Å². The highest BCUT2D eigenvalue weighted by Crippen LogP contribution is 2.56. The Morgan fingerprint density at radius 2 is 2.00 bits per heavy atom. The van der Waals surface area contributed by atoms with E-state index in [4.69, 9.17) is 10.5 Å². The summed E-state index contributed by atoms with van der Waals surface area (Å²) in [7, 11) is 1.48. The first-order valence-electron chi connectivity index (χ1n) is 11.5. The van der Waals surface area contributed by atoms with Crippen molar-refractivity contribution in [2.24, 2.45) is 23.5 Å². The van der Waals surface area contributed by atoms with Gasteiger partial charge < -0.3 is 20.7 Å². The van der Waals surface area contributed by atoms with Crippen LogP contribution in [0.3, 0.4) is 0 Å². The number of carbonyl (C=O) groups is 1. The van der Waals surface area contributed by atoms with Gasteiger partial charge in [0.15, 0.2) is 5.65 Å². The standard InChI is InChI=1S/C22H28F4N6O2/c1-34-11-17(31-9-15-14(22(15,25)26)8-28-20(31)33)13-6-18-30-16(10-32(18)29-7-13)19(27)12-2-4-21(23,24)5-3-12/h6-7,10,12,14-15,17,19H,2-5,8-9,11,27H2,1H3,(H,28,33)/t14-,15+,17-,19+/m1/s1. The van der Waals surface area contributed by atoms with Crippen molar-refractivity contribution in [3.63, 3.8) is 0 Å². The van der Waals surface area contributed by atoms with E-state index in [0.29, 0.717) is 29.7 Å². The second kappa shape index (κ2) is 8.33. The minimum absolute atomic E-state index is 0.0570. The first-order valence-corrected chi connectivity index (χ1v) is 11.5. The van der Waals surface area contributed by atoms with Gasteiger partial charge in [-0.05, 0) is 24.8 Å². The van der Waals surface area contributed by atoms with Gasteiger partial charge >= 0.3 is 6.03 Å². The quantitative estimate of drug-likeness (QED) is 0.614. The van der Waals surface area contributed by atoms with Gasteiger partial charge in [-0.3, -0.25) is 0 Å². The van der Waals surface area contributed by atoms with Crippen LogP contribution >= 0.6 is 0 Å². The van der Waals surface area contributed by atoms with Crippen LogP contribution in [-0.4, -0.2) is 64.2 Å². The molecule has 2 aromatic heterocycles. The van der Waals surface area contributed by atoms with Crippen LogP contribution in [0.15, 0.2) is 18.5 Å². The van der Waals surface area contributed by atoms with Crippen molar-refractivity contribution in [1.82, 2.24) is 24.8 Å². The molecule has 3 aliphatic rings. The maximum absolute atomic E-state index is 14.0. The van der Waals surface area contributed by atoms with E-state index in [1.54, 1.807) is 18.5 Å². The minimum Gasteiger partial charge on any atom is -0.382 e. The molecule has 186 valence electrons. The molecule has 0 radical (unpaired) electrons. The number of ether oxygens (including phenoxy) is 1. The molecule has 3 fully saturated rings. The average Bonchev–Trinajstić information content (AvgIpc) is 3.13. The lowest BCUT2D eigenvalue weighted by Crippen LogP contribution is -2.44. The minimum atomic E-state index is -2.79. The zero-order chi connectivity index (χ0) is 24.3. The van der Waals surface area contributed by atoms with E-state index in [-0.39, 0.29) is 38.5 Å². The molecule has 1 aliphatic heterocycles.